The SMILES string of the molecule is S.[Na+].[O-]O. The van der Waals surface area contributed by atoms with Crippen molar-refractivity contribution in [1.82, 2.24) is 0 Å². The Morgan fingerprint density at radius 3 is 1.25 bits per heavy atom. The van der Waals surface area contributed by atoms with E-state index >= 15 is 0 Å². The second-order valence-electron chi connectivity index (χ2n) is 0. The molecule has 22 valence electrons. The van der Waals surface area contributed by atoms with E-state index in [0.717, 1.165) is 0 Å². The Kier molecular flexibility index (Phi) is 132. The van der Waals surface area contributed by atoms with Gasteiger partial charge in [0.05, 0.1) is 0 Å². The largest absolute Gasteiger partial charge is 1.00 e. The van der Waals surface area contributed by atoms with Crippen LogP contribution < -0.4 is 34.8 Å². The van der Waals surface area contributed by atoms with E-state index < -0.39 is 0 Å². The van der Waals surface area contributed by atoms with Gasteiger partial charge in [0.25, 0.3) is 0 Å². The Hall–Kier alpha value is 1.27. The van der Waals surface area contributed by atoms with Crippen molar-refractivity contribution in [3.8, 4) is 0 Å². The van der Waals surface area contributed by atoms with E-state index in [1.165, 1.54) is 0 Å². The first-order valence-corrected chi connectivity index (χ1v) is 0.183. The van der Waals surface area contributed by atoms with Crippen LogP contribution in [-0.2, 0) is 0 Å². The summed E-state index contributed by atoms with van der Waals surface area (Å²) in [4.78, 5) is 0. The molecule has 0 aromatic rings. The molecule has 0 rings (SSSR count). The topological polar surface area (TPSA) is 43.3 Å². The van der Waals surface area contributed by atoms with Crippen molar-refractivity contribution in [3.05, 3.63) is 0 Å². The maximum Gasteiger partial charge on any atom is 1.00 e. The predicted molar refractivity (Wildman–Crippen MR) is 13.0 cm³/mol. The molecule has 0 bridgehead atoms. The van der Waals surface area contributed by atoms with E-state index in [9.17, 15) is 0 Å². The third-order valence-corrected chi connectivity index (χ3v) is 0. The Morgan fingerprint density at radius 2 is 1.25 bits per heavy atom. The monoisotopic (exact) mass is 90.0 g/mol. The molecule has 2 nitrogen and oxygen atoms in total. The fourth-order valence-corrected chi connectivity index (χ4v) is 0. The number of hydrogen-bond acceptors (Lipinski definition) is 2. The van der Waals surface area contributed by atoms with Gasteiger partial charge in [-0.15, -0.1) is 0 Å². The minimum absolute atomic E-state index is 0. The van der Waals surface area contributed by atoms with Crippen molar-refractivity contribution in [2.24, 2.45) is 0 Å². The first-order chi connectivity index (χ1) is 1.00. The van der Waals surface area contributed by atoms with Crippen LogP contribution in [0.4, 0.5) is 0 Å². The van der Waals surface area contributed by atoms with Gasteiger partial charge in [0.2, 0.25) is 0 Å². The van der Waals surface area contributed by atoms with Crippen LogP contribution in [0.3, 0.4) is 0 Å². The van der Waals surface area contributed by atoms with Gasteiger partial charge in [-0.3, -0.25) is 0 Å². The molecule has 0 aromatic heterocycles. The quantitative estimate of drug-likeness (QED) is 0.187. The van der Waals surface area contributed by atoms with E-state index in [-0.39, 0.29) is 43.1 Å². The van der Waals surface area contributed by atoms with Gasteiger partial charge in [-0.1, -0.05) is 0 Å². The molecular formula is H3NaO2S. The van der Waals surface area contributed by atoms with Crippen molar-refractivity contribution in [3.63, 3.8) is 0 Å². The fraction of sp³-hybridized carbons (Fsp3) is 0. The van der Waals surface area contributed by atoms with Crippen LogP contribution in [0.2, 0.25) is 0 Å². The summed E-state index contributed by atoms with van der Waals surface area (Å²) in [5.41, 5.74) is 0. The Bertz CT molecular complexity index is 6.00. The normalized spacial score (nSPS) is 1.50. The van der Waals surface area contributed by atoms with E-state index in [0.29, 0.717) is 0 Å². The van der Waals surface area contributed by atoms with E-state index in [2.05, 4.69) is 0 Å². The van der Waals surface area contributed by atoms with Gasteiger partial charge >= 0.3 is 29.6 Å². The summed E-state index contributed by atoms with van der Waals surface area (Å²) in [6.45, 7) is 0. The van der Waals surface area contributed by atoms with Gasteiger partial charge in [-0.05, 0) is 0 Å². The molecule has 0 atom stereocenters. The fourth-order valence-electron chi connectivity index (χ4n) is 0. The average molecular weight is 90.1 g/mol. The summed E-state index contributed by atoms with van der Waals surface area (Å²) in [6, 6.07) is 0. The van der Waals surface area contributed by atoms with Crippen molar-refractivity contribution < 1.29 is 40.1 Å². The smallest absolute Gasteiger partial charge is 0.727 e. The van der Waals surface area contributed by atoms with Gasteiger partial charge in [0, 0.05) is 0 Å². The molecule has 0 radical (unpaired) electrons. The zero-order chi connectivity index (χ0) is 2.00. The standard InChI is InChI=1S/Na.H2O2.H2S/c;1-2;/h;1-2H;1H2/q+1;;/p-1. The second-order valence-corrected chi connectivity index (χ2v) is 0. The summed E-state index contributed by atoms with van der Waals surface area (Å²) >= 11 is 0. The molecule has 0 spiro atoms. The maximum absolute atomic E-state index is 7.25. The summed E-state index contributed by atoms with van der Waals surface area (Å²) in [7, 11) is 0. The number of rotatable bonds is 0. The second kappa shape index (κ2) is 28.3. The van der Waals surface area contributed by atoms with Crippen molar-refractivity contribution in [2.75, 3.05) is 0 Å². The average Bonchev–Trinajstić information content (AvgIpc) is 1.00. The van der Waals surface area contributed by atoms with Gasteiger partial charge in [-0.25, -0.2) is 0 Å². The molecular weight excluding hydrogens is 87.1 g/mol. The van der Waals surface area contributed by atoms with Crippen molar-refractivity contribution in [1.29, 1.82) is 0 Å². The Labute approximate surface area is 53.5 Å². The first-order valence-electron chi connectivity index (χ1n) is 0.183. The molecule has 0 fully saturated rings. The Morgan fingerprint density at radius 1 is 1.25 bits per heavy atom. The molecule has 0 saturated heterocycles. The molecule has 0 aliphatic heterocycles. The van der Waals surface area contributed by atoms with Gasteiger partial charge in [0.1, 0.15) is 0 Å². The zero-order valence-electron chi connectivity index (χ0n) is 2.36. The van der Waals surface area contributed by atoms with Gasteiger partial charge in [-0.2, -0.15) is 13.5 Å². The van der Waals surface area contributed by atoms with E-state index in [1.807, 2.05) is 0 Å². The minimum atomic E-state index is 0. The van der Waals surface area contributed by atoms with Crippen LogP contribution in [0.1, 0.15) is 0 Å². The molecule has 0 aromatic carbocycles. The summed E-state index contributed by atoms with van der Waals surface area (Å²) in [6.07, 6.45) is 0. The maximum atomic E-state index is 7.25. The minimum Gasteiger partial charge on any atom is -0.727 e. The van der Waals surface area contributed by atoms with Crippen molar-refractivity contribution >= 4 is 13.5 Å². The van der Waals surface area contributed by atoms with Crippen LogP contribution in [0.15, 0.2) is 0 Å². The van der Waals surface area contributed by atoms with Crippen LogP contribution in [0.5, 0.6) is 0 Å². The molecule has 4 heavy (non-hydrogen) atoms. The molecule has 0 saturated carbocycles. The summed E-state index contributed by atoms with van der Waals surface area (Å²) in [5.74, 6) is 0. The summed E-state index contributed by atoms with van der Waals surface area (Å²) < 4.78 is 0. The van der Waals surface area contributed by atoms with Crippen molar-refractivity contribution in [2.45, 2.75) is 0 Å². The Balaban J connectivity index is -0.00000000500. The third kappa shape index (κ3) is 10.4. The predicted octanol–water partition coefficient (Wildman–Crippen LogP) is -4.06. The number of hydrogen-bond donors (Lipinski definition) is 1. The molecule has 0 unspecified atom stereocenters. The molecule has 1 N–H and O–H groups in total. The van der Waals surface area contributed by atoms with Crippen LogP contribution in [-0.4, -0.2) is 5.26 Å². The van der Waals surface area contributed by atoms with Gasteiger partial charge < -0.3 is 10.5 Å². The van der Waals surface area contributed by atoms with Crippen LogP contribution in [0, 0.1) is 0 Å². The molecule has 0 amide bonds. The zero-order valence-corrected chi connectivity index (χ0v) is 5.36. The first kappa shape index (κ1) is 18.6. The van der Waals surface area contributed by atoms with E-state index in [1.54, 1.807) is 0 Å². The van der Waals surface area contributed by atoms with Crippen LogP contribution in [0.25, 0.3) is 0 Å². The molecule has 4 heteroatoms. The van der Waals surface area contributed by atoms with E-state index in [4.69, 9.17) is 10.5 Å². The van der Waals surface area contributed by atoms with Crippen LogP contribution >= 0.6 is 13.5 Å². The molecule has 0 aliphatic carbocycles. The summed E-state index contributed by atoms with van der Waals surface area (Å²) in [5, 5.41) is 13.0. The third-order valence-electron chi connectivity index (χ3n) is 0. The van der Waals surface area contributed by atoms with Gasteiger partial charge in [0.15, 0.2) is 0 Å². The molecule has 0 aliphatic rings. The molecule has 0 heterocycles.